The minimum atomic E-state index is -4.78. The highest BCUT2D eigenvalue weighted by atomic mass is 19.4. The Balaban J connectivity index is 1.50. The van der Waals surface area contributed by atoms with Gasteiger partial charge in [0.1, 0.15) is 12.0 Å². The summed E-state index contributed by atoms with van der Waals surface area (Å²) in [6, 6.07) is 9.04. The van der Waals surface area contributed by atoms with Crippen LogP contribution < -0.4 is 10.1 Å². The molecule has 5 rings (SSSR count). The molecule has 2 aliphatic carbocycles. The van der Waals surface area contributed by atoms with Gasteiger partial charge in [0.25, 0.3) is 0 Å². The van der Waals surface area contributed by atoms with Gasteiger partial charge in [0, 0.05) is 34.6 Å². The van der Waals surface area contributed by atoms with Crippen LogP contribution in [-0.2, 0) is 24.2 Å². The largest absolute Gasteiger partial charge is 0.573 e. The number of carbonyl (C=O) groups is 1. The van der Waals surface area contributed by atoms with Crippen molar-refractivity contribution in [3.05, 3.63) is 59.3 Å². The molecule has 1 saturated carbocycles. The number of nitrogens with zero attached hydrogens (tertiary/aromatic N) is 2. The highest BCUT2D eigenvalue weighted by Crippen LogP contribution is 2.43. The quantitative estimate of drug-likeness (QED) is 0.319. The lowest BCUT2D eigenvalue weighted by atomic mass is 9.91. The third kappa shape index (κ3) is 4.59. The molecular formula is C24H23F4N3O2. The maximum atomic E-state index is 13.6. The number of hydrogen-bond donors (Lipinski definition) is 1. The third-order valence-corrected chi connectivity index (χ3v) is 6.65. The van der Waals surface area contributed by atoms with Gasteiger partial charge in [-0.2, -0.15) is 4.39 Å². The zero-order chi connectivity index (χ0) is 23.2. The Bertz CT molecular complexity index is 1200. The van der Waals surface area contributed by atoms with Crippen LogP contribution in [0, 0.1) is 11.4 Å². The number of ether oxygens (including phenoxy) is 1. The van der Waals surface area contributed by atoms with Crippen LogP contribution in [0.1, 0.15) is 36.2 Å². The van der Waals surface area contributed by atoms with E-state index < -0.39 is 12.3 Å². The number of rotatable bonds is 7. The molecule has 0 aliphatic heterocycles. The monoisotopic (exact) mass is 461 g/mol. The van der Waals surface area contributed by atoms with E-state index in [-0.39, 0.29) is 17.2 Å². The predicted octanol–water partition coefficient (Wildman–Crippen LogP) is 4.55. The maximum Gasteiger partial charge on any atom is 0.573 e. The first kappa shape index (κ1) is 21.9. The van der Waals surface area contributed by atoms with E-state index >= 15 is 0 Å². The molecule has 1 aromatic carbocycles. The second-order valence-corrected chi connectivity index (χ2v) is 8.99. The molecule has 174 valence electrons. The first-order chi connectivity index (χ1) is 15.8. The zero-order valence-electron chi connectivity index (χ0n) is 17.8. The van der Waals surface area contributed by atoms with Crippen molar-refractivity contribution in [1.82, 2.24) is 14.9 Å². The molecule has 3 aromatic rings. The molecule has 1 unspecified atom stereocenters. The van der Waals surface area contributed by atoms with Gasteiger partial charge in [-0.1, -0.05) is 6.07 Å². The number of carbonyl (C=O) groups excluding carboxylic acids is 1. The lowest BCUT2D eigenvalue weighted by Gasteiger charge is -2.26. The Morgan fingerprint density at radius 2 is 2.06 bits per heavy atom. The number of alkyl halides is 3. The molecule has 9 heteroatoms. The summed E-state index contributed by atoms with van der Waals surface area (Å²) in [5.41, 5.74) is 2.99. The Kier molecular flexibility index (Phi) is 5.39. The minimum absolute atomic E-state index is 0.119. The fraction of sp³-hybridized carbons (Fsp3) is 0.417. The second-order valence-electron chi connectivity index (χ2n) is 8.99. The van der Waals surface area contributed by atoms with Crippen molar-refractivity contribution in [2.24, 2.45) is 5.41 Å². The number of fused-ring (bicyclic) bond motifs is 3. The van der Waals surface area contributed by atoms with Gasteiger partial charge < -0.3 is 19.4 Å². The molecule has 1 N–H and O–H groups in total. The zero-order valence-corrected chi connectivity index (χ0v) is 17.8. The number of aldehydes is 1. The van der Waals surface area contributed by atoms with Crippen LogP contribution in [0.15, 0.2) is 36.4 Å². The highest BCUT2D eigenvalue weighted by Gasteiger charge is 2.42. The third-order valence-electron chi connectivity index (χ3n) is 6.65. The summed E-state index contributed by atoms with van der Waals surface area (Å²) in [7, 11) is 0. The molecule has 33 heavy (non-hydrogen) atoms. The van der Waals surface area contributed by atoms with Crippen molar-refractivity contribution in [2.45, 2.75) is 51.1 Å². The van der Waals surface area contributed by atoms with E-state index in [1.807, 2.05) is 4.57 Å². The summed E-state index contributed by atoms with van der Waals surface area (Å²) >= 11 is 0. The van der Waals surface area contributed by atoms with Gasteiger partial charge in [0.05, 0.1) is 12.2 Å². The normalized spacial score (nSPS) is 19.3. The average molecular weight is 461 g/mol. The minimum Gasteiger partial charge on any atom is -0.406 e. The summed E-state index contributed by atoms with van der Waals surface area (Å²) < 4.78 is 58.3. The summed E-state index contributed by atoms with van der Waals surface area (Å²) in [5.74, 6) is -0.848. The number of nitrogens with one attached hydrogen (secondary N) is 1. The molecule has 0 bridgehead atoms. The molecule has 5 nitrogen and oxygen atoms in total. The van der Waals surface area contributed by atoms with Crippen LogP contribution in [0.3, 0.4) is 0 Å². The van der Waals surface area contributed by atoms with E-state index in [9.17, 15) is 22.4 Å². The Hall–Kier alpha value is -2.94. The fourth-order valence-electron chi connectivity index (χ4n) is 4.73. The molecule has 0 spiro atoms. The Morgan fingerprint density at radius 1 is 1.24 bits per heavy atom. The van der Waals surface area contributed by atoms with Crippen LogP contribution in [0.5, 0.6) is 5.75 Å². The van der Waals surface area contributed by atoms with E-state index in [2.05, 4.69) is 15.0 Å². The highest BCUT2D eigenvalue weighted by molar-refractivity contribution is 5.87. The van der Waals surface area contributed by atoms with E-state index in [0.717, 1.165) is 42.3 Å². The van der Waals surface area contributed by atoms with Crippen molar-refractivity contribution >= 4 is 17.2 Å². The van der Waals surface area contributed by atoms with Crippen molar-refractivity contribution in [1.29, 1.82) is 0 Å². The van der Waals surface area contributed by atoms with Crippen LogP contribution >= 0.6 is 0 Å². The van der Waals surface area contributed by atoms with Gasteiger partial charge >= 0.3 is 6.36 Å². The summed E-state index contributed by atoms with van der Waals surface area (Å²) in [6.45, 7) is 0.931. The summed E-state index contributed by atoms with van der Waals surface area (Å²) in [4.78, 5) is 15.3. The molecule has 2 heterocycles. The van der Waals surface area contributed by atoms with E-state index in [0.29, 0.717) is 37.0 Å². The molecule has 0 radical (unpaired) electrons. The average Bonchev–Trinajstić information content (AvgIpc) is 3.50. The second kappa shape index (κ2) is 8.13. The van der Waals surface area contributed by atoms with Gasteiger partial charge in [-0.25, -0.2) is 4.98 Å². The smallest absolute Gasteiger partial charge is 0.406 e. The van der Waals surface area contributed by atoms with Crippen LogP contribution in [0.25, 0.3) is 10.9 Å². The molecule has 1 fully saturated rings. The summed E-state index contributed by atoms with van der Waals surface area (Å²) in [5, 5.41) is 4.17. The topological polar surface area (TPSA) is 56.1 Å². The SMILES string of the molecule is O=CC1(CNC2CCc3c(c4cc(OC(F)(F)F)ccc4n3Cc3cccc(F)n3)C2)CC1. The van der Waals surface area contributed by atoms with Crippen LogP contribution in [0.2, 0.25) is 0 Å². The molecular weight excluding hydrogens is 438 g/mol. The number of aromatic nitrogens is 2. The molecule has 0 saturated heterocycles. The van der Waals surface area contributed by atoms with Crippen molar-refractivity contribution in [3.63, 3.8) is 0 Å². The van der Waals surface area contributed by atoms with E-state index in [4.69, 9.17) is 0 Å². The van der Waals surface area contributed by atoms with E-state index in [1.165, 1.54) is 18.2 Å². The van der Waals surface area contributed by atoms with Gasteiger partial charge in [-0.3, -0.25) is 0 Å². The van der Waals surface area contributed by atoms with Crippen molar-refractivity contribution in [3.8, 4) is 5.75 Å². The summed E-state index contributed by atoms with van der Waals surface area (Å²) in [6.07, 6.45) is 0.187. The predicted molar refractivity (Wildman–Crippen MR) is 113 cm³/mol. The van der Waals surface area contributed by atoms with Crippen LogP contribution in [0.4, 0.5) is 17.6 Å². The standard InChI is InChI=1S/C24H23F4N3O2/c25-22-3-1-2-16(30-22)12-31-20-6-4-15(29-13-23(14-32)8-9-23)10-18(20)19-11-17(5-7-21(19)31)33-24(26,27)28/h1-3,5,7,11,14-15,29H,4,6,8-10,12-13H2. The Morgan fingerprint density at radius 3 is 2.76 bits per heavy atom. The Labute approximate surface area is 187 Å². The van der Waals surface area contributed by atoms with Crippen molar-refractivity contribution < 1.29 is 27.1 Å². The van der Waals surface area contributed by atoms with Gasteiger partial charge in [0.2, 0.25) is 5.95 Å². The maximum absolute atomic E-state index is 13.6. The molecule has 2 aliphatic rings. The molecule has 0 amide bonds. The number of pyridine rings is 1. The van der Waals surface area contributed by atoms with Gasteiger partial charge in [0.15, 0.2) is 0 Å². The molecule has 2 aromatic heterocycles. The van der Waals surface area contributed by atoms with Crippen molar-refractivity contribution in [2.75, 3.05) is 6.54 Å². The van der Waals surface area contributed by atoms with Crippen LogP contribution in [-0.4, -0.2) is 34.8 Å². The van der Waals surface area contributed by atoms with E-state index in [1.54, 1.807) is 18.2 Å². The number of halogens is 4. The van der Waals surface area contributed by atoms with Gasteiger partial charge in [-0.15, -0.1) is 13.2 Å². The first-order valence-corrected chi connectivity index (χ1v) is 11.0. The first-order valence-electron chi connectivity index (χ1n) is 11.0. The number of benzene rings is 1. The fourth-order valence-corrected chi connectivity index (χ4v) is 4.73. The number of hydrogen-bond acceptors (Lipinski definition) is 4. The van der Waals surface area contributed by atoms with Gasteiger partial charge in [-0.05, 0) is 68.0 Å². The molecule has 1 atom stereocenters. The lowest BCUT2D eigenvalue weighted by Crippen LogP contribution is -2.38. The lowest BCUT2D eigenvalue weighted by molar-refractivity contribution is -0.274.